The van der Waals surface area contributed by atoms with Gasteiger partial charge in [-0.05, 0) is 19.1 Å². The highest BCUT2D eigenvalue weighted by atomic mass is 16.3. The lowest BCUT2D eigenvalue weighted by atomic mass is 10.2. The number of aromatic nitrogens is 1. The first kappa shape index (κ1) is 9.09. The average Bonchev–Trinajstić information content (AvgIpc) is 2.57. The van der Waals surface area contributed by atoms with Gasteiger partial charge in [0.1, 0.15) is 5.82 Å². The van der Waals surface area contributed by atoms with Gasteiger partial charge in [0.2, 0.25) is 0 Å². The van der Waals surface area contributed by atoms with Crippen LogP contribution < -0.4 is 5.32 Å². The Labute approximate surface area is 82.8 Å². The van der Waals surface area contributed by atoms with Crippen LogP contribution in [0.15, 0.2) is 30.3 Å². The molecule has 2 rings (SSSR count). The van der Waals surface area contributed by atoms with Crippen molar-refractivity contribution in [3.63, 3.8) is 0 Å². The van der Waals surface area contributed by atoms with E-state index in [1.807, 2.05) is 24.3 Å². The van der Waals surface area contributed by atoms with Crippen LogP contribution in [0.5, 0.6) is 0 Å². The van der Waals surface area contributed by atoms with Gasteiger partial charge in [-0.25, -0.2) is 0 Å². The van der Waals surface area contributed by atoms with Crippen molar-refractivity contribution in [1.82, 2.24) is 4.98 Å². The third-order valence-corrected chi connectivity index (χ3v) is 2.12. The summed E-state index contributed by atoms with van der Waals surface area (Å²) in [5, 5.41) is 13.4. The van der Waals surface area contributed by atoms with Crippen LogP contribution in [-0.2, 0) is 0 Å². The van der Waals surface area contributed by atoms with Gasteiger partial charge >= 0.3 is 0 Å². The van der Waals surface area contributed by atoms with Crippen molar-refractivity contribution in [2.24, 2.45) is 0 Å². The van der Waals surface area contributed by atoms with Crippen LogP contribution in [0.25, 0.3) is 10.9 Å². The number of fused-ring (bicyclic) bond motifs is 1. The van der Waals surface area contributed by atoms with Crippen LogP contribution in [-0.4, -0.2) is 22.7 Å². The molecule has 0 radical (unpaired) electrons. The van der Waals surface area contributed by atoms with Crippen LogP contribution >= 0.6 is 0 Å². The summed E-state index contributed by atoms with van der Waals surface area (Å²) in [4.78, 5) is 3.23. The molecule has 3 nitrogen and oxygen atoms in total. The predicted molar refractivity (Wildman–Crippen MR) is 58.5 cm³/mol. The molecule has 0 fully saturated rings. The lowest BCUT2D eigenvalue weighted by Gasteiger charge is -2.04. The van der Waals surface area contributed by atoms with Crippen LogP contribution in [0.4, 0.5) is 5.82 Å². The van der Waals surface area contributed by atoms with Gasteiger partial charge in [-0.2, -0.15) is 0 Å². The Kier molecular flexibility index (Phi) is 2.41. The third-order valence-electron chi connectivity index (χ3n) is 2.12. The molecular formula is C11H14N2O. The molecule has 2 aromatic rings. The van der Waals surface area contributed by atoms with Crippen LogP contribution in [0, 0.1) is 0 Å². The minimum absolute atomic E-state index is 0.332. The fourth-order valence-electron chi connectivity index (χ4n) is 1.43. The Bertz CT molecular complexity index is 387. The van der Waals surface area contributed by atoms with E-state index in [4.69, 9.17) is 5.11 Å². The quantitative estimate of drug-likeness (QED) is 0.693. The van der Waals surface area contributed by atoms with Gasteiger partial charge in [0.05, 0.1) is 6.10 Å². The summed E-state index contributed by atoms with van der Waals surface area (Å²) in [6, 6.07) is 10.1. The molecule has 1 unspecified atom stereocenters. The normalized spacial score (nSPS) is 13.0. The van der Waals surface area contributed by atoms with Crippen molar-refractivity contribution >= 4 is 16.7 Å². The summed E-state index contributed by atoms with van der Waals surface area (Å²) in [5.41, 5.74) is 1.11. The summed E-state index contributed by atoms with van der Waals surface area (Å²) in [6.07, 6.45) is -0.332. The maximum Gasteiger partial charge on any atom is 0.104 e. The molecular weight excluding hydrogens is 176 g/mol. The largest absolute Gasteiger partial charge is 0.392 e. The molecule has 74 valence electrons. The predicted octanol–water partition coefficient (Wildman–Crippen LogP) is 1.96. The Morgan fingerprint density at radius 2 is 2.21 bits per heavy atom. The first-order chi connectivity index (χ1) is 6.75. The molecule has 0 saturated carbocycles. The average molecular weight is 190 g/mol. The first-order valence-corrected chi connectivity index (χ1v) is 4.75. The standard InChI is InChI=1S/C11H14N2O/c1-8(14)7-12-11-6-9-4-2-3-5-10(9)13-11/h2-6,8,12-14H,7H2,1H3. The fourth-order valence-corrected chi connectivity index (χ4v) is 1.43. The molecule has 14 heavy (non-hydrogen) atoms. The number of H-pyrrole nitrogens is 1. The fraction of sp³-hybridized carbons (Fsp3) is 0.273. The molecule has 0 saturated heterocycles. The molecule has 0 spiro atoms. The number of para-hydroxylation sites is 1. The van der Waals surface area contributed by atoms with Crippen LogP contribution in [0.2, 0.25) is 0 Å². The van der Waals surface area contributed by atoms with E-state index in [1.54, 1.807) is 6.92 Å². The zero-order chi connectivity index (χ0) is 9.97. The zero-order valence-electron chi connectivity index (χ0n) is 8.12. The molecule has 3 heteroatoms. The molecule has 1 aromatic carbocycles. The number of benzene rings is 1. The summed E-state index contributed by atoms with van der Waals surface area (Å²) in [5.74, 6) is 0.951. The van der Waals surface area contributed by atoms with E-state index in [0.717, 1.165) is 11.3 Å². The molecule has 0 amide bonds. The first-order valence-electron chi connectivity index (χ1n) is 4.75. The minimum Gasteiger partial charge on any atom is -0.392 e. The summed E-state index contributed by atoms with van der Waals surface area (Å²) in [7, 11) is 0. The smallest absolute Gasteiger partial charge is 0.104 e. The van der Waals surface area contributed by atoms with Crippen molar-refractivity contribution in [1.29, 1.82) is 0 Å². The Balaban J connectivity index is 2.19. The number of anilines is 1. The van der Waals surface area contributed by atoms with E-state index < -0.39 is 0 Å². The molecule has 1 atom stereocenters. The lowest BCUT2D eigenvalue weighted by molar-refractivity contribution is 0.208. The van der Waals surface area contributed by atoms with Gasteiger partial charge in [-0.1, -0.05) is 18.2 Å². The van der Waals surface area contributed by atoms with Gasteiger partial charge in [0.15, 0.2) is 0 Å². The van der Waals surface area contributed by atoms with Crippen molar-refractivity contribution in [2.45, 2.75) is 13.0 Å². The number of aliphatic hydroxyl groups is 1. The second kappa shape index (κ2) is 3.72. The molecule has 0 bridgehead atoms. The van der Waals surface area contributed by atoms with Gasteiger partial charge < -0.3 is 15.4 Å². The SMILES string of the molecule is CC(O)CNc1cc2ccccc2[nH]1. The number of aliphatic hydroxyl groups excluding tert-OH is 1. The lowest BCUT2D eigenvalue weighted by Crippen LogP contribution is -2.15. The zero-order valence-corrected chi connectivity index (χ0v) is 8.12. The maximum atomic E-state index is 9.11. The van der Waals surface area contributed by atoms with Crippen molar-refractivity contribution < 1.29 is 5.11 Å². The monoisotopic (exact) mass is 190 g/mol. The Hall–Kier alpha value is -1.48. The van der Waals surface area contributed by atoms with E-state index in [0.29, 0.717) is 6.54 Å². The van der Waals surface area contributed by atoms with Crippen molar-refractivity contribution in [3.05, 3.63) is 30.3 Å². The molecule has 0 aliphatic heterocycles. The number of hydrogen-bond acceptors (Lipinski definition) is 2. The minimum atomic E-state index is -0.332. The van der Waals surface area contributed by atoms with Crippen LogP contribution in [0.3, 0.4) is 0 Å². The van der Waals surface area contributed by atoms with Crippen molar-refractivity contribution in [2.75, 3.05) is 11.9 Å². The molecule has 1 heterocycles. The number of hydrogen-bond donors (Lipinski definition) is 3. The number of aromatic amines is 1. The van der Waals surface area contributed by atoms with Crippen molar-refractivity contribution in [3.8, 4) is 0 Å². The molecule has 1 aromatic heterocycles. The second-order valence-electron chi connectivity index (χ2n) is 3.50. The molecule has 3 N–H and O–H groups in total. The third kappa shape index (κ3) is 1.88. The summed E-state index contributed by atoms with van der Waals surface area (Å²) in [6.45, 7) is 2.32. The van der Waals surface area contributed by atoms with E-state index in [2.05, 4.69) is 16.4 Å². The van der Waals surface area contributed by atoms with Gasteiger partial charge in [-0.15, -0.1) is 0 Å². The van der Waals surface area contributed by atoms with Gasteiger partial charge in [0, 0.05) is 17.4 Å². The van der Waals surface area contributed by atoms with E-state index in [-0.39, 0.29) is 6.10 Å². The maximum absolute atomic E-state index is 9.11. The highest BCUT2D eigenvalue weighted by Crippen LogP contribution is 2.17. The topological polar surface area (TPSA) is 48.0 Å². The van der Waals surface area contributed by atoms with Gasteiger partial charge in [-0.3, -0.25) is 0 Å². The number of rotatable bonds is 3. The Morgan fingerprint density at radius 1 is 1.43 bits per heavy atom. The molecule has 0 aliphatic carbocycles. The van der Waals surface area contributed by atoms with E-state index in [9.17, 15) is 0 Å². The second-order valence-corrected chi connectivity index (χ2v) is 3.50. The Morgan fingerprint density at radius 3 is 2.93 bits per heavy atom. The van der Waals surface area contributed by atoms with Gasteiger partial charge in [0.25, 0.3) is 0 Å². The van der Waals surface area contributed by atoms with E-state index in [1.165, 1.54) is 5.39 Å². The molecule has 0 aliphatic rings. The summed E-state index contributed by atoms with van der Waals surface area (Å²) < 4.78 is 0. The summed E-state index contributed by atoms with van der Waals surface area (Å²) >= 11 is 0. The number of nitrogens with one attached hydrogen (secondary N) is 2. The van der Waals surface area contributed by atoms with E-state index >= 15 is 0 Å². The van der Waals surface area contributed by atoms with Crippen LogP contribution in [0.1, 0.15) is 6.92 Å². The highest BCUT2D eigenvalue weighted by Gasteiger charge is 2.00. The highest BCUT2D eigenvalue weighted by molar-refractivity contribution is 5.83.